The quantitative estimate of drug-likeness (QED) is 0.822. The van der Waals surface area contributed by atoms with E-state index in [9.17, 15) is 9.90 Å². The van der Waals surface area contributed by atoms with Gasteiger partial charge in [-0.05, 0) is 18.6 Å². The van der Waals surface area contributed by atoms with Gasteiger partial charge in [0, 0.05) is 13.1 Å². The molecule has 0 amide bonds. The minimum absolute atomic E-state index is 0.407. The number of aryl methyl sites for hydroxylation is 1. The van der Waals surface area contributed by atoms with Crippen LogP contribution in [0.1, 0.15) is 15.9 Å². The van der Waals surface area contributed by atoms with E-state index >= 15 is 0 Å². The van der Waals surface area contributed by atoms with Gasteiger partial charge in [-0.2, -0.15) is 0 Å². The molecule has 0 atom stereocenters. The summed E-state index contributed by atoms with van der Waals surface area (Å²) in [6, 6.07) is 5.59. The maximum atomic E-state index is 11.2. The average Bonchev–Trinajstić information content (AvgIpc) is 2.29. The number of benzene rings is 1. The van der Waals surface area contributed by atoms with Crippen LogP contribution in [0, 0.1) is 6.92 Å². The first kappa shape index (κ1) is 11.0. The lowest BCUT2D eigenvalue weighted by Crippen LogP contribution is -2.37. The Balaban J connectivity index is 2.38. The molecule has 0 spiro atoms. The summed E-state index contributed by atoms with van der Waals surface area (Å²) in [4.78, 5) is 13.3. The van der Waals surface area contributed by atoms with E-state index in [4.69, 9.17) is 4.74 Å². The Kier molecular flexibility index (Phi) is 3.10. The van der Waals surface area contributed by atoms with Gasteiger partial charge in [0.1, 0.15) is 0 Å². The number of morpholine rings is 1. The van der Waals surface area contributed by atoms with Crippen molar-refractivity contribution in [2.75, 3.05) is 31.2 Å². The molecule has 1 aromatic rings. The van der Waals surface area contributed by atoms with Gasteiger partial charge in [0.2, 0.25) is 0 Å². The fourth-order valence-corrected chi connectivity index (χ4v) is 2.00. The van der Waals surface area contributed by atoms with Gasteiger partial charge in [-0.3, -0.25) is 0 Å². The minimum Gasteiger partial charge on any atom is -0.478 e. The number of anilines is 1. The van der Waals surface area contributed by atoms with Crippen LogP contribution in [0.4, 0.5) is 5.69 Å². The molecule has 0 radical (unpaired) electrons. The number of carbonyl (C=O) groups is 1. The number of rotatable bonds is 2. The first-order chi connectivity index (χ1) is 7.70. The van der Waals surface area contributed by atoms with Crippen LogP contribution in [0.5, 0.6) is 0 Å². The number of hydrogen-bond donors (Lipinski definition) is 1. The summed E-state index contributed by atoms with van der Waals surface area (Å²) in [5, 5.41) is 9.22. The molecular formula is C12H15NO3. The van der Waals surface area contributed by atoms with Crippen molar-refractivity contribution >= 4 is 11.7 Å². The fourth-order valence-electron chi connectivity index (χ4n) is 2.00. The van der Waals surface area contributed by atoms with Gasteiger partial charge in [0.15, 0.2) is 0 Å². The van der Waals surface area contributed by atoms with Crippen LogP contribution in [0.2, 0.25) is 0 Å². The molecule has 0 saturated carbocycles. The van der Waals surface area contributed by atoms with Crippen molar-refractivity contribution < 1.29 is 14.6 Å². The Morgan fingerprint density at radius 3 is 2.69 bits per heavy atom. The first-order valence-corrected chi connectivity index (χ1v) is 5.36. The zero-order chi connectivity index (χ0) is 11.5. The molecule has 1 N–H and O–H groups in total. The Morgan fingerprint density at radius 1 is 1.38 bits per heavy atom. The molecule has 2 rings (SSSR count). The van der Waals surface area contributed by atoms with Crippen LogP contribution >= 0.6 is 0 Å². The van der Waals surface area contributed by atoms with E-state index in [-0.39, 0.29) is 0 Å². The number of carboxylic acids is 1. The van der Waals surface area contributed by atoms with Crippen molar-refractivity contribution in [3.63, 3.8) is 0 Å². The second-order valence-electron chi connectivity index (χ2n) is 3.87. The average molecular weight is 221 g/mol. The van der Waals surface area contributed by atoms with Crippen molar-refractivity contribution in [3.05, 3.63) is 29.3 Å². The molecule has 1 aromatic carbocycles. The number of ether oxygens (including phenoxy) is 1. The highest BCUT2D eigenvalue weighted by atomic mass is 16.5. The predicted octanol–water partition coefficient (Wildman–Crippen LogP) is 1.53. The van der Waals surface area contributed by atoms with Gasteiger partial charge in [-0.15, -0.1) is 0 Å². The van der Waals surface area contributed by atoms with E-state index in [1.54, 1.807) is 0 Å². The smallest absolute Gasteiger partial charge is 0.338 e. The van der Waals surface area contributed by atoms with Crippen molar-refractivity contribution in [1.82, 2.24) is 0 Å². The zero-order valence-corrected chi connectivity index (χ0v) is 9.27. The molecule has 0 unspecified atom stereocenters. The number of nitrogens with zero attached hydrogens (tertiary/aromatic N) is 1. The molecule has 4 nitrogen and oxygen atoms in total. The molecule has 0 aliphatic carbocycles. The van der Waals surface area contributed by atoms with Crippen molar-refractivity contribution in [3.8, 4) is 0 Å². The Morgan fingerprint density at radius 2 is 2.06 bits per heavy atom. The third-order valence-electron chi connectivity index (χ3n) is 2.82. The molecule has 1 aliphatic rings. The van der Waals surface area contributed by atoms with E-state index in [2.05, 4.69) is 4.90 Å². The summed E-state index contributed by atoms with van der Waals surface area (Å²) in [6.07, 6.45) is 0. The van der Waals surface area contributed by atoms with E-state index in [0.29, 0.717) is 18.8 Å². The van der Waals surface area contributed by atoms with Crippen molar-refractivity contribution in [2.24, 2.45) is 0 Å². The molecule has 0 aromatic heterocycles. The Bertz CT molecular complexity index is 397. The van der Waals surface area contributed by atoms with Crippen molar-refractivity contribution in [1.29, 1.82) is 0 Å². The second-order valence-corrected chi connectivity index (χ2v) is 3.87. The highest BCUT2D eigenvalue weighted by molar-refractivity contribution is 5.96. The maximum Gasteiger partial charge on any atom is 0.338 e. The maximum absolute atomic E-state index is 11.2. The molecule has 1 saturated heterocycles. The summed E-state index contributed by atoms with van der Waals surface area (Å²) < 4.78 is 5.26. The molecule has 16 heavy (non-hydrogen) atoms. The van der Waals surface area contributed by atoms with Gasteiger partial charge >= 0.3 is 5.97 Å². The summed E-state index contributed by atoms with van der Waals surface area (Å²) in [7, 11) is 0. The first-order valence-electron chi connectivity index (χ1n) is 5.36. The van der Waals surface area contributed by atoms with Gasteiger partial charge in [-0.25, -0.2) is 4.79 Å². The van der Waals surface area contributed by atoms with Crippen LogP contribution < -0.4 is 4.90 Å². The molecule has 4 heteroatoms. The highest BCUT2D eigenvalue weighted by Gasteiger charge is 2.19. The molecular weight excluding hydrogens is 206 g/mol. The summed E-state index contributed by atoms with van der Waals surface area (Å²) in [6.45, 7) is 4.65. The number of hydrogen-bond acceptors (Lipinski definition) is 3. The Hall–Kier alpha value is -1.55. The summed E-state index contributed by atoms with van der Waals surface area (Å²) in [5.41, 5.74) is 2.01. The zero-order valence-electron chi connectivity index (χ0n) is 9.27. The van der Waals surface area contributed by atoms with E-state index < -0.39 is 5.97 Å². The second kappa shape index (κ2) is 4.53. The largest absolute Gasteiger partial charge is 0.478 e. The molecule has 1 fully saturated rings. The SMILES string of the molecule is Cc1cccc(N2CCOCC2)c1C(=O)O. The van der Waals surface area contributed by atoms with E-state index in [1.807, 2.05) is 25.1 Å². The van der Waals surface area contributed by atoms with Gasteiger partial charge in [0.05, 0.1) is 24.5 Å². The van der Waals surface area contributed by atoms with Crippen LogP contribution in [0.3, 0.4) is 0 Å². The third kappa shape index (κ3) is 2.02. The lowest BCUT2D eigenvalue weighted by Gasteiger charge is -2.30. The van der Waals surface area contributed by atoms with Gasteiger partial charge in [-0.1, -0.05) is 12.1 Å². The lowest BCUT2D eigenvalue weighted by molar-refractivity contribution is 0.0695. The van der Waals surface area contributed by atoms with E-state index in [1.165, 1.54) is 0 Å². The molecule has 0 bridgehead atoms. The molecule has 1 aliphatic heterocycles. The number of aromatic carboxylic acids is 1. The molecule has 86 valence electrons. The Labute approximate surface area is 94.4 Å². The summed E-state index contributed by atoms with van der Waals surface area (Å²) in [5.74, 6) is -0.861. The van der Waals surface area contributed by atoms with Gasteiger partial charge < -0.3 is 14.7 Å². The standard InChI is InChI=1S/C12H15NO3/c1-9-3-2-4-10(11(9)12(14)15)13-5-7-16-8-6-13/h2-4H,5-8H2,1H3,(H,14,15). The normalized spacial score (nSPS) is 16.2. The van der Waals surface area contributed by atoms with Crippen LogP contribution in [0.15, 0.2) is 18.2 Å². The number of carboxylic acid groups (broad SMARTS) is 1. The topological polar surface area (TPSA) is 49.8 Å². The van der Waals surface area contributed by atoms with Gasteiger partial charge in [0.25, 0.3) is 0 Å². The fraction of sp³-hybridized carbons (Fsp3) is 0.417. The van der Waals surface area contributed by atoms with Crippen LogP contribution in [-0.4, -0.2) is 37.4 Å². The highest BCUT2D eigenvalue weighted by Crippen LogP contribution is 2.24. The lowest BCUT2D eigenvalue weighted by atomic mass is 10.1. The van der Waals surface area contributed by atoms with Crippen LogP contribution in [-0.2, 0) is 4.74 Å². The molecule has 1 heterocycles. The monoisotopic (exact) mass is 221 g/mol. The van der Waals surface area contributed by atoms with Crippen molar-refractivity contribution in [2.45, 2.75) is 6.92 Å². The van der Waals surface area contributed by atoms with Crippen LogP contribution in [0.25, 0.3) is 0 Å². The summed E-state index contributed by atoms with van der Waals surface area (Å²) >= 11 is 0. The van der Waals surface area contributed by atoms with E-state index in [0.717, 1.165) is 24.3 Å². The predicted molar refractivity (Wildman–Crippen MR) is 61.2 cm³/mol. The third-order valence-corrected chi connectivity index (χ3v) is 2.82. The minimum atomic E-state index is -0.861.